The van der Waals surface area contributed by atoms with Crippen molar-refractivity contribution < 1.29 is 4.79 Å². The van der Waals surface area contributed by atoms with Crippen molar-refractivity contribution in [1.82, 2.24) is 9.55 Å². The van der Waals surface area contributed by atoms with Crippen molar-refractivity contribution in [3.63, 3.8) is 0 Å². The number of halogens is 1. The third kappa shape index (κ3) is 4.54. The van der Waals surface area contributed by atoms with E-state index in [9.17, 15) is 9.59 Å². The van der Waals surface area contributed by atoms with Crippen LogP contribution >= 0.6 is 34.7 Å². The Balaban J connectivity index is 1.67. The predicted molar refractivity (Wildman–Crippen MR) is 130 cm³/mol. The number of anilines is 1. The molecular formula is C23H20ClN3O2S2. The van der Waals surface area contributed by atoms with Crippen LogP contribution in [0.4, 0.5) is 5.69 Å². The van der Waals surface area contributed by atoms with Gasteiger partial charge >= 0.3 is 0 Å². The molecule has 0 aliphatic rings. The Hall–Kier alpha value is -2.61. The van der Waals surface area contributed by atoms with Crippen LogP contribution in [0.1, 0.15) is 17.4 Å². The van der Waals surface area contributed by atoms with Crippen molar-refractivity contribution in [1.29, 1.82) is 0 Å². The molecular weight excluding hydrogens is 450 g/mol. The Morgan fingerprint density at radius 1 is 1.19 bits per heavy atom. The summed E-state index contributed by atoms with van der Waals surface area (Å²) in [4.78, 5) is 32.4. The second kappa shape index (κ2) is 9.26. The molecule has 0 saturated heterocycles. The van der Waals surface area contributed by atoms with Crippen molar-refractivity contribution in [2.75, 3.05) is 11.1 Å². The van der Waals surface area contributed by atoms with Gasteiger partial charge in [-0.1, -0.05) is 54.6 Å². The molecule has 0 atom stereocenters. The molecule has 0 aliphatic heterocycles. The lowest BCUT2D eigenvalue weighted by atomic mass is 10.2. The first-order chi connectivity index (χ1) is 15.0. The molecule has 0 bridgehead atoms. The average molecular weight is 470 g/mol. The molecule has 0 unspecified atom stereocenters. The summed E-state index contributed by atoms with van der Waals surface area (Å²) in [7, 11) is 0. The average Bonchev–Trinajstić information content (AvgIpc) is 3.20. The molecule has 0 saturated carbocycles. The number of thiophene rings is 1. The van der Waals surface area contributed by atoms with Crippen molar-refractivity contribution in [2.45, 2.75) is 25.4 Å². The minimum Gasteiger partial charge on any atom is -0.325 e. The lowest BCUT2D eigenvalue weighted by molar-refractivity contribution is -0.113. The molecule has 2 aromatic heterocycles. The second-order valence-corrected chi connectivity index (χ2v) is 9.37. The Morgan fingerprint density at radius 3 is 2.71 bits per heavy atom. The van der Waals surface area contributed by atoms with Gasteiger partial charge in [0.15, 0.2) is 5.16 Å². The maximum atomic E-state index is 13.3. The SMILES string of the molecule is CCc1cc2c(=O)n(-c3ccccc3)c(SCC(=O)Nc3cccc(Cl)c3C)nc2s1. The summed E-state index contributed by atoms with van der Waals surface area (Å²) < 4.78 is 1.58. The first-order valence-corrected chi connectivity index (χ1v) is 11.9. The van der Waals surface area contributed by atoms with E-state index in [0.29, 0.717) is 26.1 Å². The number of rotatable bonds is 6. The number of benzene rings is 2. The largest absolute Gasteiger partial charge is 0.325 e. The van der Waals surface area contributed by atoms with E-state index in [1.165, 1.54) is 23.1 Å². The summed E-state index contributed by atoms with van der Waals surface area (Å²) in [6.45, 7) is 3.91. The summed E-state index contributed by atoms with van der Waals surface area (Å²) in [5, 5.41) is 4.58. The number of aromatic nitrogens is 2. The van der Waals surface area contributed by atoms with E-state index in [4.69, 9.17) is 16.6 Å². The molecule has 0 radical (unpaired) electrons. The monoisotopic (exact) mass is 469 g/mol. The molecule has 0 spiro atoms. The zero-order valence-electron chi connectivity index (χ0n) is 17.0. The highest BCUT2D eigenvalue weighted by Crippen LogP contribution is 2.27. The summed E-state index contributed by atoms with van der Waals surface area (Å²) in [6, 6.07) is 16.7. The summed E-state index contributed by atoms with van der Waals surface area (Å²) in [5.41, 5.74) is 2.09. The zero-order valence-corrected chi connectivity index (χ0v) is 19.4. The fraction of sp³-hybridized carbons (Fsp3) is 0.174. The van der Waals surface area contributed by atoms with Crippen LogP contribution < -0.4 is 10.9 Å². The van der Waals surface area contributed by atoms with Crippen LogP contribution in [0.5, 0.6) is 0 Å². The highest BCUT2D eigenvalue weighted by Gasteiger charge is 2.17. The van der Waals surface area contributed by atoms with Gasteiger partial charge in [0.1, 0.15) is 4.83 Å². The van der Waals surface area contributed by atoms with Gasteiger partial charge in [0, 0.05) is 15.6 Å². The molecule has 4 aromatic rings. The van der Waals surface area contributed by atoms with Gasteiger partial charge in [-0.15, -0.1) is 11.3 Å². The van der Waals surface area contributed by atoms with E-state index in [1.54, 1.807) is 16.7 Å². The summed E-state index contributed by atoms with van der Waals surface area (Å²) in [5.74, 6) is -0.0762. The molecule has 5 nitrogen and oxygen atoms in total. The molecule has 4 rings (SSSR count). The van der Waals surface area contributed by atoms with Crippen LogP contribution in [0.25, 0.3) is 15.9 Å². The van der Waals surface area contributed by atoms with E-state index in [2.05, 4.69) is 12.2 Å². The molecule has 1 N–H and O–H groups in total. The predicted octanol–water partition coefficient (Wildman–Crippen LogP) is 5.70. The maximum Gasteiger partial charge on any atom is 0.267 e. The van der Waals surface area contributed by atoms with E-state index >= 15 is 0 Å². The lowest BCUT2D eigenvalue weighted by Gasteiger charge is -2.12. The van der Waals surface area contributed by atoms with Gasteiger partial charge < -0.3 is 5.32 Å². The number of aryl methyl sites for hydroxylation is 1. The van der Waals surface area contributed by atoms with Gasteiger partial charge in [-0.05, 0) is 49.2 Å². The molecule has 31 heavy (non-hydrogen) atoms. The third-order valence-electron chi connectivity index (χ3n) is 4.82. The lowest BCUT2D eigenvalue weighted by Crippen LogP contribution is -2.22. The van der Waals surface area contributed by atoms with Crippen molar-refractivity contribution >= 4 is 56.5 Å². The quantitative estimate of drug-likeness (QED) is 0.290. The Kier molecular flexibility index (Phi) is 6.46. The van der Waals surface area contributed by atoms with Crippen LogP contribution in [-0.2, 0) is 11.2 Å². The number of thioether (sulfide) groups is 1. The van der Waals surface area contributed by atoms with E-state index in [1.807, 2.05) is 49.4 Å². The summed E-state index contributed by atoms with van der Waals surface area (Å²) in [6.07, 6.45) is 0.843. The zero-order chi connectivity index (χ0) is 22.0. The number of hydrogen-bond acceptors (Lipinski definition) is 5. The Morgan fingerprint density at radius 2 is 1.97 bits per heavy atom. The van der Waals surface area contributed by atoms with Crippen LogP contribution in [0.3, 0.4) is 0 Å². The molecule has 2 aromatic carbocycles. The van der Waals surface area contributed by atoms with Gasteiger partial charge in [0.05, 0.1) is 16.8 Å². The highest BCUT2D eigenvalue weighted by molar-refractivity contribution is 7.99. The fourth-order valence-corrected chi connectivity index (χ4v) is 5.14. The standard InChI is InChI=1S/C23H20ClN3O2S2/c1-3-16-12-17-21(31-16)26-23(27(22(17)29)15-8-5-4-6-9-15)30-13-20(28)25-19-11-7-10-18(24)14(19)2/h4-12H,3,13H2,1-2H3,(H,25,28). The number of carbonyl (C=O) groups is 1. The van der Waals surface area contributed by atoms with Crippen molar-refractivity contribution in [3.8, 4) is 5.69 Å². The van der Waals surface area contributed by atoms with E-state index in [-0.39, 0.29) is 17.2 Å². The molecule has 0 fully saturated rings. The molecule has 1 amide bonds. The first kappa shape index (κ1) is 21.6. The minimum absolute atomic E-state index is 0.114. The van der Waals surface area contributed by atoms with Gasteiger partial charge in [-0.25, -0.2) is 4.98 Å². The van der Waals surface area contributed by atoms with Gasteiger partial charge in [0.25, 0.3) is 5.56 Å². The smallest absolute Gasteiger partial charge is 0.267 e. The van der Waals surface area contributed by atoms with Crippen molar-refractivity contribution in [3.05, 3.63) is 80.4 Å². The number of nitrogens with one attached hydrogen (secondary N) is 1. The number of fused-ring (bicyclic) bond motifs is 1. The van der Waals surface area contributed by atoms with Crippen molar-refractivity contribution in [2.24, 2.45) is 0 Å². The van der Waals surface area contributed by atoms with Crippen LogP contribution in [-0.4, -0.2) is 21.2 Å². The number of hydrogen-bond donors (Lipinski definition) is 1. The molecule has 8 heteroatoms. The highest BCUT2D eigenvalue weighted by atomic mass is 35.5. The maximum absolute atomic E-state index is 13.3. The number of nitrogens with zero attached hydrogens (tertiary/aromatic N) is 2. The third-order valence-corrected chi connectivity index (χ3v) is 7.34. The van der Waals surface area contributed by atoms with Crippen LogP contribution in [0, 0.1) is 6.92 Å². The van der Waals surface area contributed by atoms with Gasteiger partial charge in [-0.2, -0.15) is 0 Å². The molecule has 0 aliphatic carbocycles. The normalized spacial score (nSPS) is 11.1. The van der Waals surface area contributed by atoms with Crippen LogP contribution in [0.15, 0.2) is 64.5 Å². The topological polar surface area (TPSA) is 64.0 Å². The number of amides is 1. The Labute approximate surface area is 193 Å². The summed E-state index contributed by atoms with van der Waals surface area (Å²) >= 11 is 8.90. The van der Waals surface area contributed by atoms with Crippen LogP contribution in [0.2, 0.25) is 5.02 Å². The number of para-hydroxylation sites is 1. The van der Waals surface area contributed by atoms with E-state index < -0.39 is 0 Å². The Bertz CT molecular complexity index is 1320. The number of carbonyl (C=O) groups excluding carboxylic acids is 1. The minimum atomic E-state index is -0.190. The van der Waals surface area contributed by atoms with Gasteiger partial charge in [-0.3, -0.25) is 14.2 Å². The van der Waals surface area contributed by atoms with Gasteiger partial charge in [0.2, 0.25) is 5.91 Å². The second-order valence-electron chi connectivity index (χ2n) is 6.90. The molecule has 158 valence electrons. The molecule has 2 heterocycles. The van der Waals surface area contributed by atoms with E-state index in [0.717, 1.165) is 22.5 Å². The first-order valence-electron chi connectivity index (χ1n) is 9.76. The fourth-order valence-electron chi connectivity index (χ4n) is 3.15.